The Morgan fingerprint density at radius 1 is 1.33 bits per heavy atom. The van der Waals surface area contributed by atoms with E-state index in [4.69, 9.17) is 10.7 Å². The van der Waals surface area contributed by atoms with E-state index >= 15 is 0 Å². The Bertz CT molecular complexity index is 409. The number of hydrogen-bond acceptors (Lipinski definition) is 4. The van der Waals surface area contributed by atoms with Crippen molar-refractivity contribution in [2.45, 2.75) is 53.0 Å². The van der Waals surface area contributed by atoms with E-state index in [1.807, 2.05) is 6.92 Å². The number of anilines is 1. The molecule has 102 valence electrons. The van der Waals surface area contributed by atoms with Crippen LogP contribution in [0.15, 0.2) is 0 Å². The second-order valence-corrected chi connectivity index (χ2v) is 7.25. The Morgan fingerprint density at radius 2 is 2.06 bits per heavy atom. The minimum absolute atomic E-state index is 0.0969. The average Bonchev–Trinajstić information content (AvgIpc) is 2.55. The topological polar surface area (TPSA) is 42.2 Å². The molecule has 1 unspecified atom stereocenters. The van der Waals surface area contributed by atoms with E-state index in [1.165, 1.54) is 24.1 Å². The van der Waals surface area contributed by atoms with Crippen LogP contribution in [0.25, 0.3) is 0 Å². The van der Waals surface area contributed by atoms with Crippen molar-refractivity contribution in [3.05, 3.63) is 10.6 Å². The summed E-state index contributed by atoms with van der Waals surface area (Å²) in [4.78, 5) is 8.38. The number of hydrogen-bond donors (Lipinski definition) is 1. The molecule has 1 fully saturated rings. The lowest BCUT2D eigenvalue weighted by molar-refractivity contribution is 0.325. The van der Waals surface area contributed by atoms with Gasteiger partial charge in [0.1, 0.15) is 0 Å². The molecule has 1 saturated heterocycles. The summed E-state index contributed by atoms with van der Waals surface area (Å²) in [5.41, 5.74) is 7.57. The lowest BCUT2D eigenvalue weighted by Crippen LogP contribution is -2.24. The summed E-state index contributed by atoms with van der Waals surface area (Å²) in [6.07, 6.45) is 3.83. The van der Waals surface area contributed by atoms with Gasteiger partial charge in [0.25, 0.3) is 0 Å². The van der Waals surface area contributed by atoms with Crippen molar-refractivity contribution in [3.63, 3.8) is 0 Å². The Hall–Kier alpha value is -0.610. The first-order valence-corrected chi connectivity index (χ1v) is 7.68. The van der Waals surface area contributed by atoms with Crippen LogP contribution in [0.3, 0.4) is 0 Å². The van der Waals surface area contributed by atoms with E-state index in [1.54, 1.807) is 11.3 Å². The van der Waals surface area contributed by atoms with Gasteiger partial charge in [-0.1, -0.05) is 13.8 Å². The summed E-state index contributed by atoms with van der Waals surface area (Å²) in [7, 11) is 0. The predicted molar refractivity (Wildman–Crippen MR) is 79.3 cm³/mol. The highest BCUT2D eigenvalue weighted by atomic mass is 32.1. The summed E-state index contributed by atoms with van der Waals surface area (Å²) < 4.78 is 0. The molecule has 2 N–H and O–H groups in total. The molecule has 18 heavy (non-hydrogen) atoms. The van der Waals surface area contributed by atoms with Crippen LogP contribution >= 0.6 is 11.3 Å². The van der Waals surface area contributed by atoms with E-state index in [9.17, 15) is 0 Å². The van der Waals surface area contributed by atoms with Gasteiger partial charge >= 0.3 is 0 Å². The summed E-state index contributed by atoms with van der Waals surface area (Å²) >= 11 is 1.77. The first kappa shape index (κ1) is 13.8. The highest BCUT2D eigenvalue weighted by molar-refractivity contribution is 7.15. The second kappa shape index (κ2) is 5.17. The minimum Gasteiger partial charge on any atom is -0.348 e. The Balaban J connectivity index is 2.14. The van der Waals surface area contributed by atoms with Gasteiger partial charge < -0.3 is 10.6 Å². The van der Waals surface area contributed by atoms with Crippen molar-refractivity contribution in [2.75, 3.05) is 18.0 Å². The Kier molecular flexibility index (Phi) is 3.97. The second-order valence-electron chi connectivity index (χ2n) is 6.24. The summed E-state index contributed by atoms with van der Waals surface area (Å²) in [6, 6.07) is 0.0969. The van der Waals surface area contributed by atoms with Gasteiger partial charge in [0.05, 0.1) is 5.69 Å². The molecule has 1 aromatic heterocycles. The van der Waals surface area contributed by atoms with Gasteiger partial charge in [0.15, 0.2) is 5.13 Å². The summed E-state index contributed by atoms with van der Waals surface area (Å²) in [6.45, 7) is 11.1. The van der Waals surface area contributed by atoms with E-state index in [-0.39, 0.29) is 6.04 Å². The van der Waals surface area contributed by atoms with Crippen LogP contribution in [0.2, 0.25) is 0 Å². The molecule has 0 bridgehead atoms. The molecular weight excluding hydrogens is 242 g/mol. The quantitative estimate of drug-likeness (QED) is 0.892. The third kappa shape index (κ3) is 3.04. The molecule has 2 heterocycles. The zero-order valence-electron chi connectivity index (χ0n) is 12.0. The number of thiazole rings is 1. The van der Waals surface area contributed by atoms with Gasteiger partial charge in [-0.15, -0.1) is 11.3 Å². The van der Waals surface area contributed by atoms with Crippen molar-refractivity contribution < 1.29 is 0 Å². The van der Waals surface area contributed by atoms with Crippen LogP contribution in [0.5, 0.6) is 0 Å². The fraction of sp³-hybridized carbons (Fsp3) is 0.786. The maximum Gasteiger partial charge on any atom is 0.185 e. The number of nitrogens with two attached hydrogens (primary N) is 1. The van der Waals surface area contributed by atoms with Crippen LogP contribution < -0.4 is 10.6 Å². The molecule has 0 radical (unpaired) electrons. The summed E-state index contributed by atoms with van der Waals surface area (Å²) in [5, 5.41) is 1.16. The van der Waals surface area contributed by atoms with Crippen molar-refractivity contribution in [3.8, 4) is 0 Å². The number of nitrogens with zero attached hydrogens (tertiary/aromatic N) is 2. The first-order chi connectivity index (χ1) is 8.39. The molecule has 0 aromatic carbocycles. The molecule has 1 aliphatic heterocycles. The van der Waals surface area contributed by atoms with Gasteiger partial charge in [0.2, 0.25) is 0 Å². The Labute approximate surface area is 114 Å². The van der Waals surface area contributed by atoms with Gasteiger partial charge in [0, 0.05) is 24.0 Å². The fourth-order valence-corrected chi connectivity index (χ4v) is 3.64. The molecule has 0 aliphatic carbocycles. The SMILES string of the molecule is Cc1nc(N2CCCC(C)(C)CC2)sc1C(C)N. The maximum absolute atomic E-state index is 5.98. The van der Waals surface area contributed by atoms with E-state index in [2.05, 4.69) is 25.7 Å². The molecule has 1 aliphatic rings. The van der Waals surface area contributed by atoms with E-state index in [0.29, 0.717) is 5.41 Å². The number of rotatable bonds is 2. The largest absolute Gasteiger partial charge is 0.348 e. The average molecular weight is 267 g/mol. The van der Waals surface area contributed by atoms with E-state index < -0.39 is 0 Å². The lowest BCUT2D eigenvalue weighted by Gasteiger charge is -2.22. The molecule has 2 rings (SSSR count). The highest BCUT2D eigenvalue weighted by Gasteiger charge is 2.25. The smallest absolute Gasteiger partial charge is 0.185 e. The summed E-state index contributed by atoms with van der Waals surface area (Å²) in [5.74, 6) is 0. The Morgan fingerprint density at radius 3 is 2.67 bits per heavy atom. The van der Waals surface area contributed by atoms with Gasteiger partial charge in [-0.05, 0) is 38.5 Å². The molecular formula is C14H25N3S. The zero-order chi connectivity index (χ0) is 13.3. The zero-order valence-corrected chi connectivity index (χ0v) is 12.8. The molecule has 0 amide bonds. The van der Waals surface area contributed by atoms with Gasteiger partial charge in [-0.2, -0.15) is 0 Å². The molecule has 0 saturated carbocycles. The minimum atomic E-state index is 0.0969. The van der Waals surface area contributed by atoms with Crippen LogP contribution in [0, 0.1) is 12.3 Å². The van der Waals surface area contributed by atoms with Crippen molar-refractivity contribution in [2.24, 2.45) is 11.1 Å². The van der Waals surface area contributed by atoms with Crippen LogP contribution in [-0.4, -0.2) is 18.1 Å². The number of aromatic nitrogens is 1. The number of aryl methyl sites for hydroxylation is 1. The molecule has 3 nitrogen and oxygen atoms in total. The van der Waals surface area contributed by atoms with Crippen molar-refractivity contribution in [1.82, 2.24) is 4.98 Å². The molecule has 0 spiro atoms. The monoisotopic (exact) mass is 267 g/mol. The third-order valence-electron chi connectivity index (χ3n) is 3.85. The first-order valence-electron chi connectivity index (χ1n) is 6.87. The molecule has 1 atom stereocenters. The predicted octanol–water partition coefficient (Wildman–Crippen LogP) is 3.49. The van der Waals surface area contributed by atoms with Crippen molar-refractivity contribution >= 4 is 16.5 Å². The lowest BCUT2D eigenvalue weighted by atomic mass is 9.85. The molecule has 4 heteroatoms. The normalized spacial score (nSPS) is 21.7. The third-order valence-corrected chi connectivity index (χ3v) is 5.26. The standard InChI is InChI=1S/C14H25N3S/c1-10(15)12-11(2)16-13(18-12)17-8-5-6-14(3,4)7-9-17/h10H,5-9,15H2,1-4H3. The maximum atomic E-state index is 5.98. The van der Waals surface area contributed by atoms with Crippen molar-refractivity contribution in [1.29, 1.82) is 0 Å². The van der Waals surface area contributed by atoms with Gasteiger partial charge in [-0.3, -0.25) is 0 Å². The highest BCUT2D eigenvalue weighted by Crippen LogP contribution is 2.35. The van der Waals surface area contributed by atoms with E-state index in [0.717, 1.165) is 23.9 Å². The van der Waals surface area contributed by atoms with Crippen LogP contribution in [-0.2, 0) is 0 Å². The van der Waals surface area contributed by atoms with Crippen LogP contribution in [0.4, 0.5) is 5.13 Å². The van der Waals surface area contributed by atoms with Crippen LogP contribution in [0.1, 0.15) is 56.6 Å². The van der Waals surface area contributed by atoms with Gasteiger partial charge in [-0.25, -0.2) is 4.98 Å². The molecule has 1 aromatic rings. The fourth-order valence-electron chi connectivity index (χ4n) is 2.57.